The number of rotatable bonds is 8. The second-order valence-corrected chi connectivity index (χ2v) is 9.60. The van der Waals surface area contributed by atoms with Crippen molar-refractivity contribution in [3.63, 3.8) is 0 Å². The molecule has 0 saturated carbocycles. The van der Waals surface area contributed by atoms with Gasteiger partial charge in [-0.05, 0) is 43.7 Å². The van der Waals surface area contributed by atoms with Gasteiger partial charge in [-0.15, -0.1) is 5.10 Å². The Kier molecular flexibility index (Phi) is 7.47. The molecule has 0 radical (unpaired) electrons. The van der Waals surface area contributed by atoms with Gasteiger partial charge in [-0.2, -0.15) is 4.98 Å². The number of halogens is 1. The Morgan fingerprint density at radius 3 is 2.71 bits per heavy atom. The van der Waals surface area contributed by atoms with Crippen LogP contribution in [0.4, 0.5) is 11.6 Å². The SMILES string of the molecule is CCCSc1nc2n(n1)C(c1cc(Br)ccc1OC)C(C(=O)Nc1ccccc1OC)=C(C)N2. The molecule has 0 fully saturated rings. The third-order valence-electron chi connectivity index (χ3n) is 5.35. The Balaban J connectivity index is 1.83. The molecular weight excluding hydrogens is 518 g/mol. The third kappa shape index (κ3) is 4.78. The maximum absolute atomic E-state index is 13.7. The number of para-hydroxylation sites is 2. The Morgan fingerprint density at radius 1 is 1.21 bits per heavy atom. The number of allylic oxidation sites excluding steroid dienone is 1. The molecule has 8 nitrogen and oxygen atoms in total. The zero-order chi connectivity index (χ0) is 24.2. The van der Waals surface area contributed by atoms with E-state index in [-0.39, 0.29) is 5.91 Å². The number of aromatic nitrogens is 3. The van der Waals surface area contributed by atoms with E-state index >= 15 is 0 Å². The summed E-state index contributed by atoms with van der Waals surface area (Å²) in [4.78, 5) is 18.4. The van der Waals surface area contributed by atoms with Crippen LogP contribution in [0, 0.1) is 0 Å². The van der Waals surface area contributed by atoms with Crippen LogP contribution < -0.4 is 20.1 Å². The summed E-state index contributed by atoms with van der Waals surface area (Å²) in [7, 11) is 3.19. The molecule has 34 heavy (non-hydrogen) atoms. The number of hydrogen-bond acceptors (Lipinski definition) is 7. The van der Waals surface area contributed by atoms with Crippen molar-refractivity contribution < 1.29 is 14.3 Å². The number of hydrogen-bond donors (Lipinski definition) is 2. The van der Waals surface area contributed by atoms with Gasteiger partial charge in [-0.1, -0.05) is 46.7 Å². The van der Waals surface area contributed by atoms with Gasteiger partial charge in [-0.25, -0.2) is 4.68 Å². The molecule has 1 aromatic heterocycles. The van der Waals surface area contributed by atoms with Gasteiger partial charge in [0, 0.05) is 21.5 Å². The number of carbonyl (C=O) groups is 1. The summed E-state index contributed by atoms with van der Waals surface area (Å²) in [5.74, 6) is 2.44. The summed E-state index contributed by atoms with van der Waals surface area (Å²) in [5.41, 5.74) is 2.57. The maximum atomic E-state index is 13.7. The first-order valence-corrected chi connectivity index (χ1v) is 12.6. The van der Waals surface area contributed by atoms with Crippen LogP contribution in [-0.2, 0) is 4.79 Å². The van der Waals surface area contributed by atoms with Crippen LogP contribution in [0.1, 0.15) is 31.9 Å². The lowest BCUT2D eigenvalue weighted by Gasteiger charge is -2.29. The molecule has 4 rings (SSSR count). The highest BCUT2D eigenvalue weighted by molar-refractivity contribution is 9.10. The lowest BCUT2D eigenvalue weighted by molar-refractivity contribution is -0.113. The molecule has 3 aromatic rings. The first kappa shape index (κ1) is 24.2. The number of thioether (sulfide) groups is 1. The summed E-state index contributed by atoms with van der Waals surface area (Å²) in [5, 5.41) is 11.7. The Hall–Kier alpha value is -2.98. The summed E-state index contributed by atoms with van der Waals surface area (Å²) < 4.78 is 13.7. The van der Waals surface area contributed by atoms with Crippen molar-refractivity contribution in [1.82, 2.24) is 14.8 Å². The monoisotopic (exact) mass is 543 g/mol. The van der Waals surface area contributed by atoms with E-state index in [4.69, 9.17) is 14.6 Å². The fourth-order valence-corrected chi connectivity index (χ4v) is 4.89. The van der Waals surface area contributed by atoms with Crippen LogP contribution in [0.25, 0.3) is 0 Å². The van der Waals surface area contributed by atoms with Crippen molar-refractivity contribution in [3.8, 4) is 11.5 Å². The second-order valence-electron chi connectivity index (χ2n) is 7.62. The average Bonchev–Trinajstić information content (AvgIpc) is 3.24. The molecule has 2 heterocycles. The van der Waals surface area contributed by atoms with Crippen molar-refractivity contribution in [2.75, 3.05) is 30.6 Å². The standard InChI is InChI=1S/C24H26BrN5O3S/c1-5-12-34-24-28-23-26-14(2)20(22(31)27-17-8-6-7-9-19(17)33-4)21(30(23)29-24)16-13-15(25)10-11-18(16)32-3/h6-11,13,21H,5,12H2,1-4H3,(H,27,31)(H,26,28,29). The van der Waals surface area contributed by atoms with Gasteiger partial charge in [0.2, 0.25) is 11.1 Å². The van der Waals surface area contributed by atoms with E-state index in [1.165, 1.54) is 0 Å². The highest BCUT2D eigenvalue weighted by Crippen LogP contribution is 2.41. The van der Waals surface area contributed by atoms with Crippen LogP contribution in [0.5, 0.6) is 11.5 Å². The number of anilines is 2. The maximum Gasteiger partial charge on any atom is 0.255 e. The zero-order valence-corrected chi connectivity index (χ0v) is 21.8. The molecule has 1 unspecified atom stereocenters. The lowest BCUT2D eigenvalue weighted by Crippen LogP contribution is -2.31. The molecule has 1 amide bonds. The van der Waals surface area contributed by atoms with Gasteiger partial charge in [0.05, 0.1) is 25.5 Å². The van der Waals surface area contributed by atoms with Crippen LogP contribution in [-0.4, -0.2) is 40.6 Å². The van der Waals surface area contributed by atoms with Crippen molar-refractivity contribution >= 4 is 45.2 Å². The molecule has 178 valence electrons. The topological polar surface area (TPSA) is 90.3 Å². The summed E-state index contributed by atoms with van der Waals surface area (Å²) >= 11 is 5.15. The predicted molar refractivity (Wildman–Crippen MR) is 138 cm³/mol. The van der Waals surface area contributed by atoms with Crippen molar-refractivity contribution in [1.29, 1.82) is 0 Å². The lowest BCUT2D eigenvalue weighted by atomic mass is 9.94. The minimum Gasteiger partial charge on any atom is -0.496 e. The molecule has 10 heteroatoms. The number of nitrogens with zero attached hydrogens (tertiary/aromatic N) is 3. The van der Waals surface area contributed by atoms with Crippen LogP contribution in [0.15, 0.2) is 63.4 Å². The number of benzene rings is 2. The number of amides is 1. The number of ether oxygens (including phenoxy) is 2. The molecule has 1 atom stereocenters. The molecule has 0 aliphatic carbocycles. The minimum absolute atomic E-state index is 0.273. The van der Waals surface area contributed by atoms with Crippen LogP contribution >= 0.6 is 27.7 Å². The Labute approximate surface area is 211 Å². The minimum atomic E-state index is -0.554. The van der Waals surface area contributed by atoms with Gasteiger partial charge in [0.25, 0.3) is 5.91 Å². The molecular formula is C24H26BrN5O3S. The Bertz CT molecular complexity index is 1240. The summed E-state index contributed by atoms with van der Waals surface area (Å²) in [6.45, 7) is 3.98. The zero-order valence-electron chi connectivity index (χ0n) is 19.4. The highest BCUT2D eigenvalue weighted by atomic mass is 79.9. The molecule has 0 bridgehead atoms. The smallest absolute Gasteiger partial charge is 0.255 e. The largest absolute Gasteiger partial charge is 0.496 e. The number of carbonyl (C=O) groups excluding carboxylic acids is 1. The molecule has 2 aromatic carbocycles. The fraction of sp³-hybridized carbons (Fsp3) is 0.292. The van der Waals surface area contributed by atoms with E-state index in [1.807, 2.05) is 37.3 Å². The van der Waals surface area contributed by atoms with Crippen LogP contribution in [0.3, 0.4) is 0 Å². The quantitative estimate of drug-likeness (QED) is 0.363. The molecule has 0 spiro atoms. The fourth-order valence-electron chi connectivity index (χ4n) is 3.82. The van der Waals surface area contributed by atoms with E-state index in [0.717, 1.165) is 22.2 Å². The molecule has 1 aliphatic heterocycles. The first-order chi connectivity index (χ1) is 16.5. The van der Waals surface area contributed by atoms with E-state index in [1.54, 1.807) is 42.8 Å². The Morgan fingerprint density at radius 2 is 1.97 bits per heavy atom. The van der Waals surface area contributed by atoms with E-state index in [0.29, 0.717) is 39.6 Å². The van der Waals surface area contributed by atoms with Gasteiger partial charge < -0.3 is 20.1 Å². The van der Waals surface area contributed by atoms with E-state index in [9.17, 15) is 4.79 Å². The average molecular weight is 544 g/mol. The van der Waals surface area contributed by atoms with Crippen molar-refractivity contribution in [3.05, 3.63) is 63.8 Å². The summed E-state index contributed by atoms with van der Waals surface area (Å²) in [6, 6.07) is 12.5. The van der Waals surface area contributed by atoms with E-state index in [2.05, 4.69) is 38.5 Å². The van der Waals surface area contributed by atoms with Gasteiger partial charge in [-0.3, -0.25) is 4.79 Å². The van der Waals surface area contributed by atoms with E-state index < -0.39 is 6.04 Å². The normalized spacial score (nSPS) is 14.9. The van der Waals surface area contributed by atoms with Gasteiger partial charge >= 0.3 is 0 Å². The number of methoxy groups -OCH3 is 2. The van der Waals surface area contributed by atoms with Crippen molar-refractivity contribution in [2.45, 2.75) is 31.5 Å². The van der Waals surface area contributed by atoms with Gasteiger partial charge in [0.15, 0.2) is 0 Å². The van der Waals surface area contributed by atoms with Crippen molar-refractivity contribution in [2.24, 2.45) is 0 Å². The van der Waals surface area contributed by atoms with Gasteiger partial charge in [0.1, 0.15) is 17.5 Å². The predicted octanol–water partition coefficient (Wildman–Crippen LogP) is 5.49. The molecule has 1 aliphatic rings. The van der Waals surface area contributed by atoms with Crippen LogP contribution in [0.2, 0.25) is 0 Å². The third-order valence-corrected chi connectivity index (χ3v) is 6.89. The second kappa shape index (κ2) is 10.5. The number of nitrogens with one attached hydrogen (secondary N) is 2. The summed E-state index contributed by atoms with van der Waals surface area (Å²) in [6.07, 6.45) is 1.01. The molecule has 2 N–H and O–H groups in total. The highest BCUT2D eigenvalue weighted by Gasteiger charge is 2.36. The molecule has 0 saturated heterocycles. The number of fused-ring (bicyclic) bond motifs is 1. The first-order valence-electron chi connectivity index (χ1n) is 10.8.